The normalized spacial score (nSPS) is 11.2. The first kappa shape index (κ1) is 31.1. The monoisotopic (exact) mass is 613 g/mol. The molecule has 12 heteroatoms. The van der Waals surface area contributed by atoms with Gasteiger partial charge in [0.2, 0.25) is 0 Å². The van der Waals surface area contributed by atoms with Crippen molar-refractivity contribution >= 4 is 29.0 Å². The Hall–Kier alpha value is -4.82. The molecule has 0 amide bonds. The lowest BCUT2D eigenvalue weighted by Gasteiger charge is -2.15. The fraction of sp³-hybridized carbons (Fsp3) is 0.161. The van der Waals surface area contributed by atoms with Crippen LogP contribution in [-0.4, -0.2) is 21.8 Å². The van der Waals surface area contributed by atoms with Gasteiger partial charge in [-0.3, -0.25) is 14.6 Å². The highest BCUT2D eigenvalue weighted by atomic mass is 35.5. The van der Waals surface area contributed by atoms with Crippen molar-refractivity contribution < 1.29 is 36.6 Å². The van der Waals surface area contributed by atoms with Gasteiger partial charge < -0.3 is 10.4 Å². The van der Waals surface area contributed by atoms with Gasteiger partial charge in [0.15, 0.2) is 17.4 Å². The van der Waals surface area contributed by atoms with Gasteiger partial charge in [-0.25, -0.2) is 8.78 Å². The fourth-order valence-electron chi connectivity index (χ4n) is 4.36. The predicted octanol–water partition coefficient (Wildman–Crippen LogP) is 8.29. The summed E-state index contributed by atoms with van der Waals surface area (Å²) in [5.74, 6) is -3.58. The highest BCUT2D eigenvalue weighted by Gasteiger charge is 2.33. The van der Waals surface area contributed by atoms with Crippen LogP contribution < -0.4 is 5.32 Å². The standard InChI is InChI=1S/C31H21ClF5N3O3/c32-25-8-4-17(11-24(25)31(35,36)37)22-7-6-21(10-19(22)14-38)39-16-20-12-26(33)27(34)13-23(20)18-5-9-28(40-15-18)29(41)2-1-3-30(42)43/h4-13,15,39H,1-3,16H2,(H,42,43). The van der Waals surface area contributed by atoms with Gasteiger partial charge in [0, 0.05) is 36.8 Å². The first-order chi connectivity index (χ1) is 20.4. The number of nitriles is 1. The smallest absolute Gasteiger partial charge is 0.417 e. The van der Waals surface area contributed by atoms with Gasteiger partial charge in [-0.15, -0.1) is 0 Å². The summed E-state index contributed by atoms with van der Waals surface area (Å²) in [4.78, 5) is 27.1. The lowest BCUT2D eigenvalue weighted by molar-refractivity contribution is -0.138. The number of anilines is 1. The van der Waals surface area contributed by atoms with Crippen molar-refractivity contribution in [2.24, 2.45) is 0 Å². The Balaban J connectivity index is 1.57. The number of ketones is 1. The van der Waals surface area contributed by atoms with E-state index in [9.17, 15) is 36.8 Å². The predicted molar refractivity (Wildman–Crippen MR) is 149 cm³/mol. The van der Waals surface area contributed by atoms with Crippen molar-refractivity contribution in [3.05, 3.63) is 106 Å². The third-order valence-electron chi connectivity index (χ3n) is 6.51. The first-order valence-electron chi connectivity index (χ1n) is 12.7. The Morgan fingerprint density at radius 2 is 1.65 bits per heavy atom. The summed E-state index contributed by atoms with van der Waals surface area (Å²) in [6.07, 6.45) is -3.38. The Morgan fingerprint density at radius 3 is 2.30 bits per heavy atom. The molecule has 3 aromatic carbocycles. The summed E-state index contributed by atoms with van der Waals surface area (Å²) < 4.78 is 68.4. The van der Waals surface area contributed by atoms with Crippen molar-refractivity contribution in [2.45, 2.75) is 32.0 Å². The summed E-state index contributed by atoms with van der Waals surface area (Å²) in [6, 6.07) is 14.6. The molecule has 0 fully saturated rings. The van der Waals surface area contributed by atoms with E-state index in [0.717, 1.165) is 24.3 Å². The highest BCUT2D eigenvalue weighted by Crippen LogP contribution is 2.38. The van der Waals surface area contributed by atoms with E-state index < -0.39 is 34.4 Å². The van der Waals surface area contributed by atoms with Crippen LogP contribution in [0.1, 0.15) is 46.4 Å². The van der Waals surface area contributed by atoms with Crippen LogP contribution in [0.2, 0.25) is 5.02 Å². The van der Waals surface area contributed by atoms with Crippen LogP contribution in [0.5, 0.6) is 0 Å². The molecule has 1 heterocycles. The molecule has 0 aliphatic heterocycles. The highest BCUT2D eigenvalue weighted by molar-refractivity contribution is 6.31. The number of rotatable bonds is 10. The number of pyridine rings is 1. The van der Waals surface area contributed by atoms with Crippen LogP contribution in [0.25, 0.3) is 22.3 Å². The largest absolute Gasteiger partial charge is 0.481 e. The molecule has 0 saturated heterocycles. The Kier molecular flexibility index (Phi) is 9.41. The first-order valence-corrected chi connectivity index (χ1v) is 13.1. The molecule has 1 aromatic heterocycles. The Bertz CT molecular complexity index is 1730. The number of halogens is 6. The zero-order valence-corrected chi connectivity index (χ0v) is 22.9. The number of hydrogen-bond donors (Lipinski definition) is 2. The second-order valence-corrected chi connectivity index (χ2v) is 9.85. The van der Waals surface area contributed by atoms with Crippen molar-refractivity contribution in [1.29, 1.82) is 5.26 Å². The SMILES string of the molecule is N#Cc1cc(NCc2cc(F)c(F)cc2-c2ccc(C(=O)CCCC(=O)O)nc2)ccc1-c1ccc(Cl)c(C(F)(F)F)c1. The molecule has 0 bridgehead atoms. The number of hydrogen-bond acceptors (Lipinski definition) is 5. The summed E-state index contributed by atoms with van der Waals surface area (Å²) in [5, 5.41) is 21.0. The van der Waals surface area contributed by atoms with E-state index in [2.05, 4.69) is 10.3 Å². The van der Waals surface area contributed by atoms with Gasteiger partial charge in [-0.2, -0.15) is 18.4 Å². The number of Topliss-reactive ketones (excluding diaryl/α,β-unsaturated/α-hetero) is 1. The molecule has 0 radical (unpaired) electrons. The fourth-order valence-corrected chi connectivity index (χ4v) is 4.58. The summed E-state index contributed by atoms with van der Waals surface area (Å²) in [5.41, 5.74) is 0.885. The molecular formula is C31H21ClF5N3O3. The topological polar surface area (TPSA) is 103 Å². The molecule has 0 atom stereocenters. The summed E-state index contributed by atoms with van der Waals surface area (Å²) in [6.45, 7) is -0.0359. The van der Waals surface area contributed by atoms with Crippen LogP contribution >= 0.6 is 11.6 Å². The lowest BCUT2D eigenvalue weighted by Crippen LogP contribution is -2.06. The van der Waals surface area contributed by atoms with E-state index in [1.165, 1.54) is 42.6 Å². The quantitative estimate of drug-likeness (QED) is 0.138. The lowest BCUT2D eigenvalue weighted by atomic mass is 9.97. The molecule has 43 heavy (non-hydrogen) atoms. The third-order valence-corrected chi connectivity index (χ3v) is 6.84. The number of carboxylic acids is 1. The molecule has 6 nitrogen and oxygen atoms in total. The van der Waals surface area contributed by atoms with Crippen LogP contribution in [0, 0.1) is 23.0 Å². The van der Waals surface area contributed by atoms with Crippen molar-refractivity contribution in [1.82, 2.24) is 4.98 Å². The molecule has 0 unspecified atom stereocenters. The van der Waals surface area contributed by atoms with Crippen molar-refractivity contribution in [2.75, 3.05) is 5.32 Å². The average molecular weight is 614 g/mol. The molecule has 4 aromatic rings. The number of aliphatic carboxylic acids is 1. The van der Waals surface area contributed by atoms with E-state index in [4.69, 9.17) is 16.7 Å². The Morgan fingerprint density at radius 1 is 0.930 bits per heavy atom. The average Bonchev–Trinajstić information content (AvgIpc) is 2.97. The molecule has 2 N–H and O–H groups in total. The molecule has 4 rings (SSSR count). The minimum Gasteiger partial charge on any atom is -0.481 e. The molecule has 0 saturated carbocycles. The van der Waals surface area contributed by atoms with Gasteiger partial charge in [-0.1, -0.05) is 29.8 Å². The van der Waals surface area contributed by atoms with Crippen LogP contribution in [0.15, 0.2) is 66.9 Å². The number of carbonyl (C=O) groups excluding carboxylic acids is 1. The second kappa shape index (κ2) is 13.0. The number of benzene rings is 3. The minimum atomic E-state index is -4.68. The zero-order valence-electron chi connectivity index (χ0n) is 22.1. The van der Waals surface area contributed by atoms with E-state index in [-0.39, 0.29) is 59.5 Å². The van der Waals surface area contributed by atoms with E-state index in [0.29, 0.717) is 16.8 Å². The number of nitrogens with zero attached hydrogens (tertiary/aromatic N) is 2. The van der Waals surface area contributed by atoms with E-state index in [1.54, 1.807) is 0 Å². The Labute approximate surface area is 247 Å². The van der Waals surface area contributed by atoms with Crippen molar-refractivity contribution in [3.63, 3.8) is 0 Å². The zero-order chi connectivity index (χ0) is 31.3. The number of nitrogens with one attached hydrogen (secondary N) is 1. The number of aromatic nitrogens is 1. The number of carbonyl (C=O) groups is 2. The van der Waals surface area contributed by atoms with E-state index >= 15 is 0 Å². The molecule has 220 valence electrons. The van der Waals surface area contributed by atoms with Gasteiger partial charge in [0.25, 0.3) is 0 Å². The number of carboxylic acid groups (broad SMARTS) is 1. The maximum absolute atomic E-state index is 14.2. The molecule has 0 aliphatic carbocycles. The van der Waals surface area contributed by atoms with Crippen LogP contribution in [0.3, 0.4) is 0 Å². The maximum atomic E-state index is 14.2. The van der Waals surface area contributed by atoms with Crippen LogP contribution in [-0.2, 0) is 17.5 Å². The van der Waals surface area contributed by atoms with Gasteiger partial charge in [-0.05, 0) is 71.1 Å². The molecular weight excluding hydrogens is 593 g/mol. The maximum Gasteiger partial charge on any atom is 0.417 e. The summed E-state index contributed by atoms with van der Waals surface area (Å²) in [7, 11) is 0. The molecule has 0 aliphatic rings. The van der Waals surface area contributed by atoms with Gasteiger partial charge in [0.1, 0.15) is 5.69 Å². The van der Waals surface area contributed by atoms with Gasteiger partial charge in [0.05, 0.1) is 22.2 Å². The number of alkyl halides is 3. The summed E-state index contributed by atoms with van der Waals surface area (Å²) >= 11 is 5.71. The van der Waals surface area contributed by atoms with Crippen LogP contribution in [0.4, 0.5) is 27.6 Å². The minimum absolute atomic E-state index is 0.00994. The third kappa shape index (κ3) is 7.53. The molecule has 0 spiro atoms. The van der Waals surface area contributed by atoms with E-state index in [1.807, 2.05) is 6.07 Å². The second-order valence-electron chi connectivity index (χ2n) is 9.44. The van der Waals surface area contributed by atoms with Crippen molar-refractivity contribution in [3.8, 4) is 28.3 Å². The van der Waals surface area contributed by atoms with Gasteiger partial charge >= 0.3 is 12.1 Å².